The molecule has 2 N–H and O–H groups in total. The molecule has 5 nitrogen and oxygen atoms in total. The van der Waals surface area contributed by atoms with Gasteiger partial charge in [0.1, 0.15) is 0 Å². The Balaban J connectivity index is 2.06. The summed E-state index contributed by atoms with van der Waals surface area (Å²) < 4.78 is 5.69. The Hall–Kier alpha value is -1.56. The number of nitrogens with one attached hydrogen (secondary N) is 1. The lowest BCUT2D eigenvalue weighted by atomic mass is 10.2. The highest BCUT2D eigenvalue weighted by molar-refractivity contribution is 9.10. The van der Waals surface area contributed by atoms with Crippen molar-refractivity contribution < 1.29 is 14.6 Å². The summed E-state index contributed by atoms with van der Waals surface area (Å²) in [4.78, 5) is 11.3. The second-order valence-corrected chi connectivity index (χ2v) is 4.91. The van der Waals surface area contributed by atoms with Crippen LogP contribution >= 0.6 is 15.9 Å². The van der Waals surface area contributed by atoms with Crippen LogP contribution in [-0.4, -0.2) is 24.3 Å². The molecule has 2 rings (SSSR count). The Kier molecular flexibility index (Phi) is 3.86. The first-order valence-electron chi connectivity index (χ1n) is 5.51. The molecule has 1 saturated carbocycles. The van der Waals surface area contributed by atoms with Crippen molar-refractivity contribution >= 4 is 28.1 Å². The highest BCUT2D eigenvalue weighted by Crippen LogP contribution is 2.31. The van der Waals surface area contributed by atoms with Gasteiger partial charge in [0, 0.05) is 16.0 Å². The number of aromatic hydroxyl groups is 1. The van der Waals surface area contributed by atoms with Gasteiger partial charge in [0.25, 0.3) is 0 Å². The molecule has 1 fully saturated rings. The van der Waals surface area contributed by atoms with E-state index in [-0.39, 0.29) is 17.6 Å². The highest BCUT2D eigenvalue weighted by atomic mass is 79.9. The van der Waals surface area contributed by atoms with Crippen LogP contribution in [0.5, 0.6) is 11.5 Å². The molecule has 1 aromatic carbocycles. The second kappa shape index (κ2) is 5.39. The van der Waals surface area contributed by atoms with Gasteiger partial charge in [0.2, 0.25) is 5.91 Å². The van der Waals surface area contributed by atoms with Gasteiger partial charge in [-0.05, 0) is 40.9 Å². The number of hydrogen-bond donors (Lipinski definition) is 2. The maximum Gasteiger partial charge on any atom is 0.243 e. The Morgan fingerprint density at radius 1 is 1.61 bits per heavy atom. The molecular weight excluding hydrogens is 300 g/mol. The van der Waals surface area contributed by atoms with Crippen LogP contribution in [0.2, 0.25) is 0 Å². The van der Waals surface area contributed by atoms with E-state index in [4.69, 9.17) is 4.74 Å². The molecular formula is C12H13BrN2O3. The minimum absolute atomic E-state index is 0.0238. The molecule has 0 bridgehead atoms. The molecule has 0 unspecified atom stereocenters. The van der Waals surface area contributed by atoms with Crippen molar-refractivity contribution in [3.63, 3.8) is 0 Å². The molecule has 18 heavy (non-hydrogen) atoms. The molecule has 1 aromatic rings. The quantitative estimate of drug-likeness (QED) is 0.660. The van der Waals surface area contributed by atoms with Gasteiger partial charge < -0.3 is 9.84 Å². The lowest BCUT2D eigenvalue weighted by Crippen LogP contribution is -2.18. The third-order valence-corrected chi connectivity index (χ3v) is 3.31. The van der Waals surface area contributed by atoms with Crippen LogP contribution < -0.4 is 10.2 Å². The van der Waals surface area contributed by atoms with E-state index in [0.29, 0.717) is 11.3 Å². The predicted molar refractivity (Wildman–Crippen MR) is 70.8 cm³/mol. The van der Waals surface area contributed by atoms with Gasteiger partial charge in [0.15, 0.2) is 11.5 Å². The number of ether oxygens (including phenoxy) is 1. The zero-order chi connectivity index (χ0) is 13.1. The molecule has 0 saturated heterocycles. The molecule has 1 amide bonds. The molecule has 0 aliphatic heterocycles. The van der Waals surface area contributed by atoms with Crippen LogP contribution in [0.3, 0.4) is 0 Å². The Bertz CT molecular complexity index is 498. The zero-order valence-electron chi connectivity index (χ0n) is 9.81. The average Bonchev–Trinajstić information content (AvgIpc) is 3.17. The van der Waals surface area contributed by atoms with E-state index in [1.165, 1.54) is 19.4 Å². The van der Waals surface area contributed by atoms with E-state index in [1.54, 1.807) is 6.07 Å². The van der Waals surface area contributed by atoms with Crippen molar-refractivity contribution in [1.82, 2.24) is 5.43 Å². The van der Waals surface area contributed by atoms with Crippen LogP contribution in [0, 0.1) is 5.92 Å². The number of carbonyl (C=O) groups excluding carboxylic acids is 1. The summed E-state index contributed by atoms with van der Waals surface area (Å²) in [7, 11) is 1.48. The summed E-state index contributed by atoms with van der Waals surface area (Å²) in [5.74, 6) is 0.465. The fourth-order valence-corrected chi connectivity index (χ4v) is 1.85. The number of halogens is 1. The number of benzene rings is 1. The van der Waals surface area contributed by atoms with E-state index in [9.17, 15) is 9.90 Å². The Labute approximate surface area is 113 Å². The zero-order valence-corrected chi connectivity index (χ0v) is 11.4. The summed E-state index contributed by atoms with van der Waals surface area (Å²) in [6.07, 6.45) is 3.35. The molecule has 0 aromatic heterocycles. The molecule has 0 atom stereocenters. The molecule has 1 aliphatic carbocycles. The topological polar surface area (TPSA) is 70.9 Å². The normalized spacial score (nSPS) is 14.8. The average molecular weight is 313 g/mol. The smallest absolute Gasteiger partial charge is 0.243 e. The number of amides is 1. The van der Waals surface area contributed by atoms with E-state index in [2.05, 4.69) is 26.5 Å². The van der Waals surface area contributed by atoms with E-state index < -0.39 is 0 Å². The van der Waals surface area contributed by atoms with Crippen molar-refractivity contribution in [2.45, 2.75) is 12.8 Å². The Morgan fingerprint density at radius 3 is 2.94 bits per heavy atom. The number of carbonyl (C=O) groups is 1. The molecule has 0 heterocycles. The third kappa shape index (κ3) is 3.01. The van der Waals surface area contributed by atoms with Gasteiger partial charge in [-0.1, -0.05) is 0 Å². The van der Waals surface area contributed by atoms with E-state index in [1.807, 2.05) is 0 Å². The fraction of sp³-hybridized carbons (Fsp3) is 0.333. The number of phenolic OH excluding ortho intramolecular Hbond substituents is 1. The lowest BCUT2D eigenvalue weighted by Gasteiger charge is -2.06. The standard InChI is InChI=1S/C12H13BrN2O3/c1-18-11-5-9(13)8(4-10(11)16)6-14-15-12(17)7-2-3-7/h4-7,16H,2-3H2,1H3,(H,15,17)/b14-6-. The minimum atomic E-state index is -0.0555. The van der Waals surface area contributed by atoms with Crippen molar-refractivity contribution in [2.24, 2.45) is 11.0 Å². The number of methoxy groups -OCH3 is 1. The predicted octanol–water partition coefficient (Wildman–Crippen LogP) is 2.02. The Morgan fingerprint density at radius 2 is 2.33 bits per heavy atom. The number of rotatable bonds is 4. The van der Waals surface area contributed by atoms with Gasteiger partial charge in [-0.2, -0.15) is 5.10 Å². The summed E-state index contributed by atoms with van der Waals surface area (Å²) in [5, 5.41) is 13.5. The highest BCUT2D eigenvalue weighted by Gasteiger charge is 2.29. The SMILES string of the molecule is COc1cc(Br)c(/C=N\NC(=O)C2CC2)cc1O. The number of phenols is 1. The van der Waals surface area contributed by atoms with Crippen molar-refractivity contribution in [3.8, 4) is 11.5 Å². The minimum Gasteiger partial charge on any atom is -0.504 e. The van der Waals surface area contributed by atoms with Gasteiger partial charge >= 0.3 is 0 Å². The number of hydrogen-bond acceptors (Lipinski definition) is 4. The first kappa shape index (κ1) is 12.9. The molecule has 0 spiro atoms. The number of nitrogens with zero attached hydrogens (tertiary/aromatic N) is 1. The van der Waals surface area contributed by atoms with Crippen LogP contribution in [0.15, 0.2) is 21.7 Å². The molecule has 0 radical (unpaired) electrons. The van der Waals surface area contributed by atoms with Crippen LogP contribution in [0.1, 0.15) is 18.4 Å². The van der Waals surface area contributed by atoms with Gasteiger partial charge in [-0.15, -0.1) is 0 Å². The summed E-state index contributed by atoms with van der Waals surface area (Å²) >= 11 is 3.34. The fourth-order valence-electron chi connectivity index (χ4n) is 1.42. The maximum absolute atomic E-state index is 11.3. The monoisotopic (exact) mass is 312 g/mol. The van der Waals surface area contributed by atoms with Crippen molar-refractivity contribution in [3.05, 3.63) is 22.2 Å². The van der Waals surface area contributed by atoms with Gasteiger partial charge in [-0.25, -0.2) is 5.43 Å². The lowest BCUT2D eigenvalue weighted by molar-refractivity contribution is -0.122. The molecule has 1 aliphatic rings. The third-order valence-electron chi connectivity index (χ3n) is 2.62. The van der Waals surface area contributed by atoms with E-state index in [0.717, 1.165) is 17.3 Å². The molecule has 96 valence electrons. The van der Waals surface area contributed by atoms with Crippen LogP contribution in [-0.2, 0) is 4.79 Å². The van der Waals surface area contributed by atoms with Crippen LogP contribution in [0.25, 0.3) is 0 Å². The van der Waals surface area contributed by atoms with Gasteiger partial charge in [-0.3, -0.25) is 4.79 Å². The largest absolute Gasteiger partial charge is 0.504 e. The molecule has 6 heteroatoms. The number of hydrazone groups is 1. The van der Waals surface area contributed by atoms with E-state index >= 15 is 0 Å². The second-order valence-electron chi connectivity index (χ2n) is 4.05. The van der Waals surface area contributed by atoms with Crippen LogP contribution in [0.4, 0.5) is 0 Å². The summed E-state index contributed by atoms with van der Waals surface area (Å²) in [5.41, 5.74) is 3.12. The summed E-state index contributed by atoms with van der Waals surface area (Å²) in [6, 6.07) is 3.15. The van der Waals surface area contributed by atoms with Gasteiger partial charge in [0.05, 0.1) is 13.3 Å². The van der Waals surface area contributed by atoms with Crippen molar-refractivity contribution in [1.29, 1.82) is 0 Å². The van der Waals surface area contributed by atoms with Crippen molar-refractivity contribution in [2.75, 3.05) is 7.11 Å². The maximum atomic E-state index is 11.3. The first-order chi connectivity index (χ1) is 8.61. The summed E-state index contributed by atoms with van der Waals surface area (Å²) in [6.45, 7) is 0. The first-order valence-corrected chi connectivity index (χ1v) is 6.30.